The number of ether oxygens (including phenoxy) is 2. The average Bonchev–Trinajstić information content (AvgIpc) is 3.56. The maximum Gasteiger partial charge on any atom is 0.323 e. The summed E-state index contributed by atoms with van der Waals surface area (Å²) in [6, 6.07) is 9.33. The first-order valence-electron chi connectivity index (χ1n) is 16.7. The van der Waals surface area contributed by atoms with Crippen LogP contribution in [0.3, 0.4) is 0 Å². The Morgan fingerprint density at radius 3 is 2.40 bits per heavy atom. The van der Waals surface area contributed by atoms with Crippen LogP contribution in [0, 0.1) is 40.4 Å². The molecule has 42 heavy (non-hydrogen) atoms. The number of likely N-dealkylation sites (tertiary alicyclic amines) is 1. The van der Waals surface area contributed by atoms with Crippen LogP contribution in [0.25, 0.3) is 0 Å². The lowest BCUT2D eigenvalue weighted by atomic mass is 9.44. The number of esters is 2. The van der Waals surface area contributed by atoms with E-state index in [2.05, 4.69) is 20.8 Å². The molecule has 1 aromatic rings. The second kappa shape index (κ2) is 11.4. The molecule has 0 unspecified atom stereocenters. The Balaban J connectivity index is 1.04. The highest BCUT2D eigenvalue weighted by molar-refractivity contribution is 5.79. The first-order chi connectivity index (χ1) is 20.0. The Morgan fingerprint density at radius 1 is 0.881 bits per heavy atom. The second-order valence-electron chi connectivity index (χ2n) is 15.3. The fourth-order valence-electron chi connectivity index (χ4n) is 10.8. The van der Waals surface area contributed by atoms with E-state index < -0.39 is 5.60 Å². The van der Waals surface area contributed by atoms with Gasteiger partial charge in [0.15, 0.2) is 0 Å². The molecular formula is C36H51NO5. The summed E-state index contributed by atoms with van der Waals surface area (Å²) in [4.78, 5) is 40.6. The number of Topliss-reactive ketones (excluding diaryl/α,β-unsaturated/α-hetero) is 1. The third-order valence-electron chi connectivity index (χ3n) is 13.0. The van der Waals surface area contributed by atoms with Crippen molar-refractivity contribution in [2.75, 3.05) is 13.1 Å². The van der Waals surface area contributed by atoms with E-state index in [1.165, 1.54) is 32.1 Å². The molecule has 5 fully saturated rings. The topological polar surface area (TPSA) is 72.9 Å². The normalized spacial score (nSPS) is 41.3. The molecule has 0 bridgehead atoms. The first-order valence-corrected chi connectivity index (χ1v) is 16.7. The van der Waals surface area contributed by atoms with E-state index in [9.17, 15) is 14.4 Å². The Kier molecular flexibility index (Phi) is 8.08. The van der Waals surface area contributed by atoms with Crippen molar-refractivity contribution in [2.24, 2.45) is 40.4 Å². The predicted molar refractivity (Wildman–Crippen MR) is 161 cm³/mol. The molecule has 6 heteroatoms. The molecule has 0 aromatic heterocycles. The SMILES string of the molecule is CC(=O)[C@H]1CC[C@H]2[C@@H]3CC[C@H]4C[C@](C)(OC(=O)CN5CCC[C@H]5C(=O)OCc5ccccc5)CC[C@]4(C)[C@H]3CC[C@]12C. The summed E-state index contributed by atoms with van der Waals surface area (Å²) in [6.45, 7) is 10.0. The largest absolute Gasteiger partial charge is 0.460 e. The molecule has 0 N–H and O–H groups in total. The number of hydrogen-bond donors (Lipinski definition) is 0. The molecule has 0 spiro atoms. The molecule has 5 aliphatic rings. The minimum atomic E-state index is -0.451. The molecule has 6 nitrogen and oxygen atoms in total. The van der Waals surface area contributed by atoms with Gasteiger partial charge in [0.1, 0.15) is 24.0 Å². The van der Waals surface area contributed by atoms with Crippen LogP contribution in [0.1, 0.15) is 104 Å². The van der Waals surface area contributed by atoms with Gasteiger partial charge in [-0.05, 0) is 131 Å². The Morgan fingerprint density at radius 2 is 1.64 bits per heavy atom. The molecular weight excluding hydrogens is 526 g/mol. The fourth-order valence-corrected chi connectivity index (χ4v) is 10.8. The van der Waals surface area contributed by atoms with Gasteiger partial charge < -0.3 is 9.47 Å². The Bertz CT molecular complexity index is 1180. The highest BCUT2D eigenvalue weighted by Crippen LogP contribution is 2.68. The molecule has 0 radical (unpaired) electrons. The van der Waals surface area contributed by atoms with Crippen LogP contribution in [0.2, 0.25) is 0 Å². The Labute approximate surface area is 252 Å². The van der Waals surface area contributed by atoms with Crippen molar-refractivity contribution >= 4 is 17.7 Å². The van der Waals surface area contributed by atoms with Crippen molar-refractivity contribution in [2.45, 2.75) is 117 Å². The molecule has 4 saturated carbocycles. The maximum absolute atomic E-state index is 13.3. The lowest BCUT2D eigenvalue weighted by Gasteiger charge is -2.62. The third kappa shape index (κ3) is 5.35. The van der Waals surface area contributed by atoms with Crippen molar-refractivity contribution in [3.63, 3.8) is 0 Å². The van der Waals surface area contributed by atoms with Gasteiger partial charge in [-0.15, -0.1) is 0 Å². The van der Waals surface area contributed by atoms with Gasteiger partial charge >= 0.3 is 11.9 Å². The van der Waals surface area contributed by atoms with Gasteiger partial charge in [-0.2, -0.15) is 0 Å². The molecule has 4 aliphatic carbocycles. The van der Waals surface area contributed by atoms with E-state index in [1.807, 2.05) is 42.2 Å². The van der Waals surface area contributed by atoms with Crippen molar-refractivity contribution < 1.29 is 23.9 Å². The zero-order valence-corrected chi connectivity index (χ0v) is 26.2. The number of nitrogens with zero attached hydrogens (tertiary/aromatic N) is 1. The molecule has 1 heterocycles. The van der Waals surface area contributed by atoms with Crippen LogP contribution < -0.4 is 0 Å². The summed E-state index contributed by atoms with van der Waals surface area (Å²) in [5, 5.41) is 0. The van der Waals surface area contributed by atoms with Gasteiger partial charge in [0.05, 0.1) is 6.54 Å². The zero-order chi connectivity index (χ0) is 29.7. The van der Waals surface area contributed by atoms with E-state index >= 15 is 0 Å². The summed E-state index contributed by atoms with van der Waals surface area (Å²) in [5.74, 6) is 2.88. The Hall–Kier alpha value is -2.21. The zero-order valence-electron chi connectivity index (χ0n) is 26.2. The highest BCUT2D eigenvalue weighted by Gasteiger charge is 2.62. The second-order valence-corrected chi connectivity index (χ2v) is 15.3. The lowest BCUT2D eigenvalue weighted by molar-refractivity contribution is -0.182. The minimum absolute atomic E-state index is 0.144. The number of carbonyl (C=O) groups excluding carboxylic acids is 3. The van der Waals surface area contributed by atoms with E-state index in [0.29, 0.717) is 36.5 Å². The number of carbonyl (C=O) groups is 3. The van der Waals surface area contributed by atoms with Crippen molar-refractivity contribution in [1.82, 2.24) is 4.90 Å². The molecule has 1 aromatic carbocycles. The molecule has 230 valence electrons. The number of benzene rings is 1. The van der Waals surface area contributed by atoms with Crippen LogP contribution >= 0.6 is 0 Å². The summed E-state index contributed by atoms with van der Waals surface area (Å²) in [5.41, 5.74) is 0.989. The van der Waals surface area contributed by atoms with Gasteiger partial charge in [-0.3, -0.25) is 19.3 Å². The third-order valence-corrected chi connectivity index (χ3v) is 13.0. The van der Waals surface area contributed by atoms with Gasteiger partial charge in [0.2, 0.25) is 0 Å². The van der Waals surface area contributed by atoms with Crippen LogP contribution in [0.15, 0.2) is 30.3 Å². The van der Waals surface area contributed by atoms with E-state index in [0.717, 1.165) is 43.6 Å². The molecule has 6 rings (SSSR count). The molecule has 9 atom stereocenters. The molecule has 1 aliphatic heterocycles. The average molecular weight is 578 g/mol. The van der Waals surface area contributed by atoms with Gasteiger partial charge in [0.25, 0.3) is 0 Å². The standard InChI is InChI=1S/C36H51NO5/c1-24(38)28-14-15-29-27-13-12-26-21-34(2,18-19-35(26,3)30(27)16-17-36(28,29)4)42-32(39)22-37-20-8-11-31(37)33(40)41-23-25-9-6-5-7-10-25/h5-7,9-10,26-31H,8,11-23H2,1-4H3/t26-,27-,28+,29-,30-,31-,34+,35-,36+/m0/s1. The van der Waals surface area contributed by atoms with Gasteiger partial charge in [-0.1, -0.05) is 44.2 Å². The molecule has 0 amide bonds. The van der Waals surface area contributed by atoms with Gasteiger partial charge in [0, 0.05) is 5.92 Å². The first kappa shape index (κ1) is 29.8. The smallest absolute Gasteiger partial charge is 0.323 e. The molecule has 1 saturated heterocycles. The van der Waals surface area contributed by atoms with Crippen molar-refractivity contribution in [1.29, 1.82) is 0 Å². The van der Waals surface area contributed by atoms with Crippen molar-refractivity contribution in [3.8, 4) is 0 Å². The van der Waals surface area contributed by atoms with Crippen molar-refractivity contribution in [3.05, 3.63) is 35.9 Å². The van der Waals surface area contributed by atoms with Gasteiger partial charge in [-0.25, -0.2) is 0 Å². The summed E-state index contributed by atoms with van der Waals surface area (Å²) < 4.78 is 11.9. The highest BCUT2D eigenvalue weighted by atomic mass is 16.6. The van der Waals surface area contributed by atoms with E-state index in [1.54, 1.807) is 0 Å². The van der Waals surface area contributed by atoms with Crippen LogP contribution in [-0.4, -0.2) is 47.4 Å². The van der Waals surface area contributed by atoms with Crippen LogP contribution in [-0.2, 0) is 30.5 Å². The predicted octanol–water partition coefficient (Wildman–Crippen LogP) is 6.74. The van der Waals surface area contributed by atoms with Crippen LogP contribution in [0.5, 0.6) is 0 Å². The number of hydrogen-bond acceptors (Lipinski definition) is 6. The van der Waals surface area contributed by atoms with E-state index in [-0.39, 0.29) is 47.9 Å². The summed E-state index contributed by atoms with van der Waals surface area (Å²) in [7, 11) is 0. The monoisotopic (exact) mass is 577 g/mol. The fraction of sp³-hybridized carbons (Fsp3) is 0.750. The summed E-state index contributed by atoms with van der Waals surface area (Å²) >= 11 is 0. The lowest BCUT2D eigenvalue weighted by Crippen LogP contribution is -2.56. The quantitative estimate of drug-likeness (QED) is 0.334. The minimum Gasteiger partial charge on any atom is -0.460 e. The number of ketones is 1. The van der Waals surface area contributed by atoms with Crippen LogP contribution in [0.4, 0.5) is 0 Å². The summed E-state index contributed by atoms with van der Waals surface area (Å²) in [6.07, 6.45) is 11.7. The van der Waals surface area contributed by atoms with E-state index in [4.69, 9.17) is 9.47 Å². The maximum atomic E-state index is 13.3. The number of fused-ring (bicyclic) bond motifs is 5. The number of rotatable bonds is 7.